The fraction of sp³-hybridized carbons (Fsp3) is 0.0870. The summed E-state index contributed by atoms with van der Waals surface area (Å²) in [4.78, 5) is 11.9. The van der Waals surface area contributed by atoms with E-state index in [1.807, 2.05) is 60.7 Å². The largest absolute Gasteiger partial charge is 0.489 e. The van der Waals surface area contributed by atoms with Crippen molar-refractivity contribution in [2.75, 3.05) is 6.61 Å². The first-order chi connectivity index (χ1) is 14.2. The maximum absolute atomic E-state index is 11.9. The van der Waals surface area contributed by atoms with Gasteiger partial charge in [0.2, 0.25) is 0 Å². The van der Waals surface area contributed by atoms with Crippen molar-refractivity contribution in [1.29, 1.82) is 5.26 Å². The monoisotopic (exact) mass is 385 g/mol. The summed E-state index contributed by atoms with van der Waals surface area (Å²) in [5.41, 5.74) is 4.63. The molecule has 1 amide bonds. The van der Waals surface area contributed by atoms with E-state index < -0.39 is 5.91 Å². The number of hydrogen-bond acceptors (Lipinski definition) is 5. The van der Waals surface area contributed by atoms with Gasteiger partial charge < -0.3 is 9.47 Å². The Bertz CT molecular complexity index is 1030. The minimum Gasteiger partial charge on any atom is -0.489 e. The van der Waals surface area contributed by atoms with Gasteiger partial charge in [-0.25, -0.2) is 5.43 Å². The van der Waals surface area contributed by atoms with Crippen LogP contribution in [0.2, 0.25) is 0 Å². The van der Waals surface area contributed by atoms with Crippen LogP contribution in [-0.2, 0) is 11.4 Å². The molecule has 6 nitrogen and oxygen atoms in total. The Morgan fingerprint density at radius 1 is 1.00 bits per heavy atom. The van der Waals surface area contributed by atoms with Gasteiger partial charge in [-0.1, -0.05) is 54.6 Å². The van der Waals surface area contributed by atoms with Gasteiger partial charge in [-0.3, -0.25) is 4.79 Å². The Kier molecular flexibility index (Phi) is 6.97. The molecule has 0 fully saturated rings. The Hall–Kier alpha value is -4.11. The van der Waals surface area contributed by atoms with E-state index in [0.717, 1.165) is 11.1 Å². The summed E-state index contributed by atoms with van der Waals surface area (Å²) >= 11 is 0. The van der Waals surface area contributed by atoms with Crippen molar-refractivity contribution in [3.8, 4) is 17.6 Å². The number of para-hydroxylation sites is 1. The van der Waals surface area contributed by atoms with Gasteiger partial charge >= 0.3 is 0 Å². The molecule has 3 aromatic rings. The molecule has 0 aliphatic rings. The van der Waals surface area contributed by atoms with Crippen LogP contribution in [0.4, 0.5) is 0 Å². The molecule has 1 N–H and O–H groups in total. The maximum Gasteiger partial charge on any atom is 0.277 e. The summed E-state index contributed by atoms with van der Waals surface area (Å²) in [6.45, 7) is 0.232. The number of hydrogen-bond donors (Lipinski definition) is 1. The van der Waals surface area contributed by atoms with E-state index in [1.165, 1.54) is 6.21 Å². The molecule has 0 aromatic heterocycles. The standard InChI is InChI=1S/C23H19N3O3/c24-14-20-10-4-5-12-22(20)29-17-23(27)26-25-15-19-9-6-11-21(13-19)28-16-18-7-2-1-3-8-18/h1-13,15H,16-17H2,(H,26,27)/b25-15-. The molecular formula is C23H19N3O3. The number of hydrazone groups is 1. The number of nitrogens with zero attached hydrogens (tertiary/aromatic N) is 2. The Balaban J connectivity index is 1.48. The lowest BCUT2D eigenvalue weighted by atomic mass is 10.2. The lowest BCUT2D eigenvalue weighted by Crippen LogP contribution is -2.24. The number of carbonyl (C=O) groups is 1. The summed E-state index contributed by atoms with van der Waals surface area (Å²) in [7, 11) is 0. The molecule has 0 unspecified atom stereocenters. The van der Waals surface area contributed by atoms with Gasteiger partial charge in [0, 0.05) is 0 Å². The average Bonchev–Trinajstić information content (AvgIpc) is 2.77. The molecule has 29 heavy (non-hydrogen) atoms. The third-order valence-corrected chi connectivity index (χ3v) is 3.88. The number of nitrogens with one attached hydrogen (secondary N) is 1. The van der Waals surface area contributed by atoms with Crippen LogP contribution in [0, 0.1) is 11.3 Å². The highest BCUT2D eigenvalue weighted by atomic mass is 16.5. The van der Waals surface area contributed by atoms with Crippen LogP contribution >= 0.6 is 0 Å². The van der Waals surface area contributed by atoms with E-state index in [0.29, 0.717) is 23.7 Å². The predicted octanol–water partition coefficient (Wildman–Crippen LogP) is 3.67. The summed E-state index contributed by atoms with van der Waals surface area (Å²) in [6, 6.07) is 26.0. The molecule has 0 aliphatic carbocycles. The molecule has 0 bridgehead atoms. The number of ether oxygens (including phenoxy) is 2. The van der Waals surface area contributed by atoms with Crippen molar-refractivity contribution in [2.45, 2.75) is 6.61 Å². The van der Waals surface area contributed by atoms with Crippen molar-refractivity contribution >= 4 is 12.1 Å². The lowest BCUT2D eigenvalue weighted by Gasteiger charge is -2.07. The summed E-state index contributed by atoms with van der Waals surface area (Å²) in [5.74, 6) is 0.642. The van der Waals surface area contributed by atoms with Crippen molar-refractivity contribution in [3.63, 3.8) is 0 Å². The molecule has 6 heteroatoms. The molecule has 0 atom stereocenters. The molecule has 3 rings (SSSR count). The van der Waals surface area contributed by atoms with Gasteiger partial charge in [0.25, 0.3) is 5.91 Å². The molecule has 3 aromatic carbocycles. The number of benzene rings is 3. The summed E-state index contributed by atoms with van der Waals surface area (Å²) in [5, 5.41) is 12.9. The highest BCUT2D eigenvalue weighted by molar-refractivity contribution is 5.83. The third-order valence-electron chi connectivity index (χ3n) is 3.88. The minimum atomic E-state index is -0.425. The van der Waals surface area contributed by atoms with Crippen LogP contribution in [0.3, 0.4) is 0 Å². The highest BCUT2D eigenvalue weighted by Gasteiger charge is 2.05. The number of carbonyl (C=O) groups excluding carboxylic acids is 1. The molecule has 0 heterocycles. The number of nitriles is 1. The average molecular weight is 385 g/mol. The Morgan fingerprint density at radius 3 is 2.62 bits per heavy atom. The van der Waals surface area contributed by atoms with E-state index in [2.05, 4.69) is 10.5 Å². The quantitative estimate of drug-likeness (QED) is 0.474. The fourth-order valence-corrected chi connectivity index (χ4v) is 2.46. The van der Waals surface area contributed by atoms with Gasteiger partial charge in [-0.2, -0.15) is 10.4 Å². The van der Waals surface area contributed by atoms with Gasteiger partial charge in [-0.15, -0.1) is 0 Å². The Labute approximate surface area is 169 Å². The van der Waals surface area contributed by atoms with E-state index in [9.17, 15) is 4.79 Å². The normalized spacial score (nSPS) is 10.3. The summed E-state index contributed by atoms with van der Waals surface area (Å²) in [6.07, 6.45) is 1.52. The van der Waals surface area contributed by atoms with E-state index in [-0.39, 0.29) is 6.61 Å². The van der Waals surface area contributed by atoms with Crippen molar-refractivity contribution in [2.24, 2.45) is 5.10 Å². The Morgan fingerprint density at radius 2 is 1.79 bits per heavy atom. The van der Waals surface area contributed by atoms with Crippen molar-refractivity contribution in [1.82, 2.24) is 5.43 Å². The SMILES string of the molecule is N#Cc1ccccc1OCC(=O)N/N=C\c1cccc(OCc2ccccc2)c1. The van der Waals surface area contributed by atoms with Gasteiger partial charge in [0.05, 0.1) is 11.8 Å². The molecule has 0 spiro atoms. The zero-order chi connectivity index (χ0) is 20.3. The molecule has 0 saturated heterocycles. The first-order valence-electron chi connectivity index (χ1n) is 8.95. The van der Waals surface area contributed by atoms with Gasteiger partial charge in [-0.05, 0) is 35.4 Å². The van der Waals surface area contributed by atoms with Gasteiger partial charge in [0.1, 0.15) is 24.2 Å². The molecule has 0 saturated carbocycles. The molecular weight excluding hydrogens is 366 g/mol. The van der Waals surface area contributed by atoms with Crippen LogP contribution in [0.1, 0.15) is 16.7 Å². The minimum absolute atomic E-state index is 0.240. The van der Waals surface area contributed by atoms with Gasteiger partial charge in [0.15, 0.2) is 6.61 Å². The first kappa shape index (κ1) is 19.6. The zero-order valence-electron chi connectivity index (χ0n) is 15.6. The second kappa shape index (κ2) is 10.3. The number of amides is 1. The highest BCUT2D eigenvalue weighted by Crippen LogP contribution is 2.16. The van der Waals surface area contributed by atoms with Crippen LogP contribution < -0.4 is 14.9 Å². The van der Waals surface area contributed by atoms with Crippen LogP contribution in [0.5, 0.6) is 11.5 Å². The second-order valence-electron chi connectivity index (χ2n) is 6.04. The second-order valence-corrected chi connectivity index (χ2v) is 6.04. The smallest absolute Gasteiger partial charge is 0.277 e. The number of rotatable bonds is 8. The van der Waals surface area contributed by atoms with Crippen molar-refractivity contribution in [3.05, 3.63) is 95.6 Å². The molecule has 0 aliphatic heterocycles. The maximum atomic E-state index is 11.9. The van der Waals surface area contributed by atoms with Crippen LogP contribution in [-0.4, -0.2) is 18.7 Å². The lowest BCUT2D eigenvalue weighted by molar-refractivity contribution is -0.123. The predicted molar refractivity (Wildman–Crippen MR) is 110 cm³/mol. The third kappa shape index (κ3) is 6.22. The fourth-order valence-electron chi connectivity index (χ4n) is 2.46. The van der Waals surface area contributed by atoms with E-state index in [1.54, 1.807) is 24.3 Å². The summed E-state index contributed by atoms with van der Waals surface area (Å²) < 4.78 is 11.1. The molecule has 144 valence electrons. The molecule has 0 radical (unpaired) electrons. The van der Waals surface area contributed by atoms with Crippen LogP contribution in [0.15, 0.2) is 84.0 Å². The van der Waals surface area contributed by atoms with Crippen molar-refractivity contribution < 1.29 is 14.3 Å². The van der Waals surface area contributed by atoms with Crippen LogP contribution in [0.25, 0.3) is 0 Å². The van der Waals surface area contributed by atoms with E-state index in [4.69, 9.17) is 14.7 Å². The topological polar surface area (TPSA) is 83.7 Å². The first-order valence-corrected chi connectivity index (χ1v) is 8.95. The van der Waals surface area contributed by atoms with E-state index >= 15 is 0 Å². The zero-order valence-corrected chi connectivity index (χ0v) is 15.6.